The van der Waals surface area contributed by atoms with Crippen LogP contribution in [0.1, 0.15) is 54.7 Å². The second-order valence-corrected chi connectivity index (χ2v) is 8.91. The predicted molar refractivity (Wildman–Crippen MR) is 111 cm³/mol. The van der Waals surface area contributed by atoms with Gasteiger partial charge in [-0.25, -0.2) is 4.79 Å². The van der Waals surface area contributed by atoms with Crippen molar-refractivity contribution in [2.75, 3.05) is 20.3 Å². The second kappa shape index (κ2) is 8.13. The molecule has 1 unspecified atom stereocenters. The molecule has 5 nitrogen and oxygen atoms in total. The van der Waals surface area contributed by atoms with Gasteiger partial charge in [0.05, 0.1) is 25.9 Å². The number of nitrogens with one attached hydrogen (secondary N) is 1. The number of alkyl halides is 3. The summed E-state index contributed by atoms with van der Waals surface area (Å²) < 4.78 is 52.4. The topological polar surface area (TPSA) is 52.5 Å². The molecule has 1 aromatic heterocycles. The fraction of sp³-hybridized carbons (Fsp3) is 0.609. The Morgan fingerprint density at radius 2 is 1.87 bits per heavy atom. The van der Waals surface area contributed by atoms with Gasteiger partial charge in [0.15, 0.2) is 5.54 Å². The Morgan fingerprint density at radius 1 is 1.23 bits per heavy atom. The number of carbonyl (C=O) groups is 1. The van der Waals surface area contributed by atoms with Gasteiger partial charge in [0.25, 0.3) is 0 Å². The standard InChI is InChI=1S/C23H29F3N2O3/c1-14(28-15(2)20(21(29)30-3)18-6-4-5-7-19(18)28)16-8-10-17(11-9-16)27-22(12-31-13-22)23(24,25)26/h4-7,14,16-17,27H,8-13H2,1-3H3. The first-order valence-electron chi connectivity index (χ1n) is 10.8. The zero-order chi connectivity index (χ0) is 22.4. The number of benzene rings is 1. The molecule has 0 radical (unpaired) electrons. The van der Waals surface area contributed by atoms with E-state index in [2.05, 4.69) is 16.8 Å². The van der Waals surface area contributed by atoms with Crippen LogP contribution in [0.15, 0.2) is 24.3 Å². The first kappa shape index (κ1) is 22.1. The molecule has 0 amide bonds. The van der Waals surface area contributed by atoms with E-state index in [0.29, 0.717) is 24.3 Å². The minimum absolute atomic E-state index is 0.118. The highest BCUT2D eigenvalue weighted by Crippen LogP contribution is 2.41. The minimum Gasteiger partial charge on any atom is -0.465 e. The van der Waals surface area contributed by atoms with Crippen LogP contribution < -0.4 is 5.32 Å². The summed E-state index contributed by atoms with van der Waals surface area (Å²) in [5, 5.41) is 3.72. The number of para-hydroxylation sites is 1. The van der Waals surface area contributed by atoms with Gasteiger partial charge in [-0.3, -0.25) is 5.32 Å². The molecular weight excluding hydrogens is 409 g/mol. The van der Waals surface area contributed by atoms with Gasteiger partial charge in [-0.05, 0) is 51.5 Å². The molecule has 0 spiro atoms. The van der Waals surface area contributed by atoms with Gasteiger partial charge >= 0.3 is 12.1 Å². The van der Waals surface area contributed by atoms with E-state index < -0.39 is 11.7 Å². The Balaban J connectivity index is 1.51. The molecule has 1 aliphatic heterocycles. The smallest absolute Gasteiger partial charge is 0.411 e. The van der Waals surface area contributed by atoms with Crippen molar-refractivity contribution in [3.8, 4) is 0 Å². The quantitative estimate of drug-likeness (QED) is 0.683. The lowest BCUT2D eigenvalue weighted by Crippen LogP contribution is -2.71. The maximum Gasteiger partial charge on any atom is 0.411 e. The summed E-state index contributed by atoms with van der Waals surface area (Å²) in [5.74, 6) is -0.0368. The number of hydrogen-bond acceptors (Lipinski definition) is 4. The first-order chi connectivity index (χ1) is 14.7. The maximum atomic E-state index is 13.4. The van der Waals surface area contributed by atoms with E-state index in [0.717, 1.165) is 29.4 Å². The molecule has 2 aliphatic rings. The summed E-state index contributed by atoms with van der Waals surface area (Å²) >= 11 is 0. The number of carbonyl (C=O) groups excluding carboxylic acids is 1. The zero-order valence-electron chi connectivity index (χ0n) is 18.1. The first-order valence-corrected chi connectivity index (χ1v) is 10.8. The molecule has 2 fully saturated rings. The van der Waals surface area contributed by atoms with E-state index in [1.54, 1.807) is 0 Å². The van der Waals surface area contributed by atoms with Crippen molar-refractivity contribution in [1.29, 1.82) is 0 Å². The van der Waals surface area contributed by atoms with E-state index in [9.17, 15) is 18.0 Å². The Bertz CT molecular complexity index is 957. The van der Waals surface area contributed by atoms with Crippen LogP contribution in [0.5, 0.6) is 0 Å². The van der Waals surface area contributed by atoms with Crippen LogP contribution in [0.3, 0.4) is 0 Å². The van der Waals surface area contributed by atoms with E-state index in [-0.39, 0.29) is 31.3 Å². The molecule has 4 rings (SSSR count). The second-order valence-electron chi connectivity index (χ2n) is 8.91. The third-order valence-electron chi connectivity index (χ3n) is 7.13. The Kier molecular flexibility index (Phi) is 5.81. The molecule has 1 saturated heterocycles. The highest BCUT2D eigenvalue weighted by Gasteiger charge is 2.60. The molecule has 8 heteroatoms. The fourth-order valence-corrected chi connectivity index (χ4v) is 5.26. The number of ether oxygens (including phenoxy) is 2. The number of esters is 1. The molecule has 0 bridgehead atoms. The van der Waals surface area contributed by atoms with Crippen LogP contribution in [0.4, 0.5) is 13.2 Å². The third kappa shape index (κ3) is 3.74. The van der Waals surface area contributed by atoms with Crippen LogP contribution in [0.25, 0.3) is 10.9 Å². The van der Waals surface area contributed by atoms with Crippen LogP contribution >= 0.6 is 0 Å². The van der Waals surface area contributed by atoms with Crippen molar-refractivity contribution in [2.24, 2.45) is 5.92 Å². The molecule has 170 valence electrons. The van der Waals surface area contributed by atoms with E-state index in [1.807, 2.05) is 31.2 Å². The lowest BCUT2D eigenvalue weighted by atomic mass is 9.80. The van der Waals surface area contributed by atoms with Crippen LogP contribution in [-0.2, 0) is 9.47 Å². The maximum absolute atomic E-state index is 13.4. The normalized spacial score (nSPS) is 24.6. The van der Waals surface area contributed by atoms with Crippen LogP contribution in [0.2, 0.25) is 0 Å². The lowest BCUT2D eigenvalue weighted by Gasteiger charge is -2.46. The van der Waals surface area contributed by atoms with Crippen LogP contribution in [0, 0.1) is 12.8 Å². The van der Waals surface area contributed by atoms with Gasteiger partial charge in [-0.1, -0.05) is 18.2 Å². The third-order valence-corrected chi connectivity index (χ3v) is 7.13. The molecule has 1 saturated carbocycles. The zero-order valence-corrected chi connectivity index (χ0v) is 18.1. The molecule has 1 aliphatic carbocycles. The highest BCUT2D eigenvalue weighted by molar-refractivity contribution is 6.05. The lowest BCUT2D eigenvalue weighted by molar-refractivity contribution is -0.270. The van der Waals surface area contributed by atoms with Crippen molar-refractivity contribution in [2.45, 2.75) is 63.3 Å². The Morgan fingerprint density at radius 3 is 2.42 bits per heavy atom. The molecular formula is C23H29F3N2O3. The largest absolute Gasteiger partial charge is 0.465 e. The minimum atomic E-state index is -4.30. The Labute approximate surface area is 179 Å². The van der Waals surface area contributed by atoms with Gasteiger partial charge in [0.2, 0.25) is 0 Å². The monoisotopic (exact) mass is 438 g/mol. The van der Waals surface area contributed by atoms with Crippen molar-refractivity contribution in [3.63, 3.8) is 0 Å². The summed E-state index contributed by atoms with van der Waals surface area (Å²) in [6, 6.07) is 7.73. The number of hydrogen-bond donors (Lipinski definition) is 1. The van der Waals surface area contributed by atoms with E-state index >= 15 is 0 Å². The summed E-state index contributed by atoms with van der Waals surface area (Å²) in [5.41, 5.74) is 0.537. The number of halogens is 3. The van der Waals surface area contributed by atoms with Crippen molar-refractivity contribution < 1.29 is 27.4 Å². The average Bonchev–Trinajstić information content (AvgIpc) is 3.01. The number of rotatable bonds is 5. The van der Waals surface area contributed by atoms with Gasteiger partial charge in [-0.15, -0.1) is 0 Å². The molecule has 2 aromatic rings. The summed E-state index contributed by atoms with van der Waals surface area (Å²) in [4.78, 5) is 12.4. The predicted octanol–water partition coefficient (Wildman–Crippen LogP) is 4.78. The summed E-state index contributed by atoms with van der Waals surface area (Å²) in [7, 11) is 1.38. The number of methoxy groups -OCH3 is 1. The van der Waals surface area contributed by atoms with Gasteiger partial charge in [0, 0.05) is 28.7 Å². The molecule has 1 aromatic carbocycles. The van der Waals surface area contributed by atoms with E-state index in [4.69, 9.17) is 9.47 Å². The average molecular weight is 438 g/mol. The molecule has 1 N–H and O–H groups in total. The Hall–Kier alpha value is -2.06. The molecule has 31 heavy (non-hydrogen) atoms. The van der Waals surface area contributed by atoms with Crippen molar-refractivity contribution in [3.05, 3.63) is 35.5 Å². The van der Waals surface area contributed by atoms with Crippen LogP contribution in [-0.4, -0.2) is 48.6 Å². The summed E-state index contributed by atoms with van der Waals surface area (Å²) in [6.07, 6.45) is -1.27. The fourth-order valence-electron chi connectivity index (χ4n) is 5.26. The van der Waals surface area contributed by atoms with Crippen molar-refractivity contribution >= 4 is 16.9 Å². The van der Waals surface area contributed by atoms with Crippen molar-refractivity contribution in [1.82, 2.24) is 9.88 Å². The number of nitrogens with zero attached hydrogens (tertiary/aromatic N) is 1. The summed E-state index contributed by atoms with van der Waals surface area (Å²) in [6.45, 7) is 3.45. The number of fused-ring (bicyclic) bond motifs is 1. The molecule has 1 atom stereocenters. The van der Waals surface area contributed by atoms with Gasteiger partial charge in [-0.2, -0.15) is 13.2 Å². The van der Waals surface area contributed by atoms with Gasteiger partial charge in [0.1, 0.15) is 0 Å². The highest BCUT2D eigenvalue weighted by atomic mass is 19.4. The number of aromatic nitrogens is 1. The van der Waals surface area contributed by atoms with E-state index in [1.165, 1.54) is 7.11 Å². The van der Waals surface area contributed by atoms with Gasteiger partial charge < -0.3 is 14.0 Å². The molecule has 2 heterocycles. The SMILES string of the molecule is COC(=O)c1c(C)n(C(C)C2CCC(NC3(C(F)(F)F)COC3)CC2)c2ccccc12.